The number of benzene rings is 1. The van der Waals surface area contributed by atoms with Crippen LogP contribution in [0.25, 0.3) is 11.3 Å². The highest BCUT2D eigenvalue weighted by Gasteiger charge is 2.29. The third-order valence-corrected chi connectivity index (χ3v) is 4.98. The van der Waals surface area contributed by atoms with E-state index >= 15 is 0 Å². The molecule has 6 nitrogen and oxygen atoms in total. The molecule has 2 aromatic rings. The van der Waals surface area contributed by atoms with Gasteiger partial charge in [0.15, 0.2) is 16.9 Å². The highest BCUT2D eigenvalue weighted by atomic mass is 16.5. The number of carboxylic acids is 1. The predicted molar refractivity (Wildman–Crippen MR) is 96.3 cm³/mol. The van der Waals surface area contributed by atoms with Crippen molar-refractivity contribution in [2.24, 2.45) is 5.41 Å². The van der Waals surface area contributed by atoms with E-state index in [1.54, 1.807) is 0 Å². The SMILES string of the molecule is CC1Cc2cc3c(cc2-c2cc(=O)c(C(=O)O)cn21)OCC(C)(C)CO3. The molecule has 0 radical (unpaired) electrons. The Kier molecular flexibility index (Phi) is 3.61. The average Bonchev–Trinajstić information content (AvgIpc) is 2.71. The smallest absolute Gasteiger partial charge is 0.341 e. The van der Waals surface area contributed by atoms with Crippen LogP contribution in [0.15, 0.2) is 29.2 Å². The molecule has 136 valence electrons. The molecule has 0 amide bonds. The van der Waals surface area contributed by atoms with Crippen LogP contribution < -0.4 is 14.9 Å². The van der Waals surface area contributed by atoms with Crippen LogP contribution in [0.2, 0.25) is 0 Å². The maximum absolute atomic E-state index is 12.2. The van der Waals surface area contributed by atoms with Crippen molar-refractivity contribution in [2.45, 2.75) is 33.2 Å². The summed E-state index contributed by atoms with van der Waals surface area (Å²) in [4.78, 5) is 23.5. The van der Waals surface area contributed by atoms with Gasteiger partial charge in [-0.15, -0.1) is 0 Å². The van der Waals surface area contributed by atoms with Crippen molar-refractivity contribution in [3.05, 3.63) is 45.7 Å². The average molecular weight is 355 g/mol. The molecule has 3 heterocycles. The van der Waals surface area contributed by atoms with Gasteiger partial charge < -0.3 is 19.1 Å². The summed E-state index contributed by atoms with van der Waals surface area (Å²) in [5.41, 5.74) is 1.89. The molecule has 1 aromatic carbocycles. The highest BCUT2D eigenvalue weighted by molar-refractivity contribution is 5.87. The van der Waals surface area contributed by atoms with Gasteiger partial charge in [-0.1, -0.05) is 13.8 Å². The summed E-state index contributed by atoms with van der Waals surface area (Å²) in [5, 5.41) is 9.24. The number of hydrogen-bond acceptors (Lipinski definition) is 4. The van der Waals surface area contributed by atoms with Crippen LogP contribution in [0.5, 0.6) is 11.5 Å². The summed E-state index contributed by atoms with van der Waals surface area (Å²) in [7, 11) is 0. The van der Waals surface area contributed by atoms with Gasteiger partial charge in [-0.2, -0.15) is 0 Å². The van der Waals surface area contributed by atoms with Crippen molar-refractivity contribution in [3.8, 4) is 22.8 Å². The number of pyridine rings is 1. The molecular weight excluding hydrogens is 334 g/mol. The van der Waals surface area contributed by atoms with Crippen molar-refractivity contribution in [1.29, 1.82) is 0 Å². The van der Waals surface area contributed by atoms with Crippen LogP contribution in [0.4, 0.5) is 0 Å². The monoisotopic (exact) mass is 355 g/mol. The Balaban J connectivity index is 1.88. The molecule has 1 aromatic heterocycles. The fourth-order valence-corrected chi connectivity index (χ4v) is 3.53. The van der Waals surface area contributed by atoms with Crippen LogP contribution in [0.1, 0.15) is 42.7 Å². The lowest BCUT2D eigenvalue weighted by atomic mass is 9.92. The topological polar surface area (TPSA) is 77.8 Å². The standard InChI is InChI=1S/C20H21NO5/c1-11-4-12-5-17-18(26-10-20(2,3)9-25-17)6-13(12)15-7-16(22)14(19(23)24)8-21(11)15/h5-8,11H,4,9-10H2,1-3H3,(H,23,24). The first-order valence-electron chi connectivity index (χ1n) is 8.67. The fourth-order valence-electron chi connectivity index (χ4n) is 3.53. The van der Waals surface area contributed by atoms with Crippen molar-refractivity contribution >= 4 is 5.97 Å². The molecule has 6 heteroatoms. The zero-order valence-electron chi connectivity index (χ0n) is 15.0. The number of aromatic carboxylic acids is 1. The summed E-state index contributed by atoms with van der Waals surface area (Å²) in [5.74, 6) is 0.175. The van der Waals surface area contributed by atoms with Crippen molar-refractivity contribution in [3.63, 3.8) is 0 Å². The Hall–Kier alpha value is -2.76. The van der Waals surface area contributed by atoms with E-state index in [1.165, 1.54) is 12.3 Å². The molecule has 0 aliphatic carbocycles. The highest BCUT2D eigenvalue weighted by Crippen LogP contribution is 2.42. The number of hydrogen-bond donors (Lipinski definition) is 1. The van der Waals surface area contributed by atoms with Gasteiger partial charge in [0.25, 0.3) is 0 Å². The third-order valence-electron chi connectivity index (χ3n) is 4.98. The van der Waals surface area contributed by atoms with Gasteiger partial charge in [-0.3, -0.25) is 4.79 Å². The van der Waals surface area contributed by atoms with Gasteiger partial charge in [-0.25, -0.2) is 4.79 Å². The number of carbonyl (C=O) groups is 1. The van der Waals surface area contributed by atoms with Gasteiger partial charge in [0.05, 0.1) is 18.9 Å². The van der Waals surface area contributed by atoms with Crippen LogP contribution in [-0.2, 0) is 6.42 Å². The predicted octanol–water partition coefficient (Wildman–Crippen LogP) is 3.13. The molecule has 1 unspecified atom stereocenters. The molecule has 2 aliphatic rings. The molecule has 0 saturated heterocycles. The first-order valence-corrected chi connectivity index (χ1v) is 8.67. The Morgan fingerprint density at radius 2 is 1.85 bits per heavy atom. The maximum atomic E-state index is 12.2. The van der Waals surface area contributed by atoms with Crippen LogP contribution in [0, 0.1) is 5.41 Å². The lowest BCUT2D eigenvalue weighted by Gasteiger charge is -2.29. The molecule has 26 heavy (non-hydrogen) atoms. The van der Waals surface area contributed by atoms with Crippen molar-refractivity contribution in [2.75, 3.05) is 13.2 Å². The lowest BCUT2D eigenvalue weighted by Crippen LogP contribution is -2.26. The minimum Gasteiger partial charge on any atom is -0.489 e. The summed E-state index contributed by atoms with van der Waals surface area (Å²) in [6.45, 7) is 7.30. The van der Waals surface area contributed by atoms with E-state index in [9.17, 15) is 14.7 Å². The van der Waals surface area contributed by atoms with E-state index in [1.807, 2.05) is 23.6 Å². The molecule has 0 saturated carbocycles. The van der Waals surface area contributed by atoms with E-state index in [4.69, 9.17) is 9.47 Å². The maximum Gasteiger partial charge on any atom is 0.341 e. The summed E-state index contributed by atoms with van der Waals surface area (Å²) in [6, 6.07) is 5.34. The number of rotatable bonds is 1. The molecule has 2 aliphatic heterocycles. The van der Waals surface area contributed by atoms with Gasteiger partial charge in [0.1, 0.15) is 5.56 Å². The first-order chi connectivity index (χ1) is 12.2. The Morgan fingerprint density at radius 1 is 1.19 bits per heavy atom. The minimum absolute atomic E-state index is 0.0392. The molecule has 1 N–H and O–H groups in total. The summed E-state index contributed by atoms with van der Waals surface area (Å²) < 4.78 is 13.8. The van der Waals surface area contributed by atoms with E-state index in [0.717, 1.165) is 23.3 Å². The Labute approximate surface area is 151 Å². The lowest BCUT2D eigenvalue weighted by molar-refractivity contribution is 0.0694. The summed E-state index contributed by atoms with van der Waals surface area (Å²) >= 11 is 0. The number of fused-ring (bicyclic) bond motifs is 4. The number of carboxylic acid groups (broad SMARTS) is 1. The normalized spacial score (nSPS) is 19.9. The van der Waals surface area contributed by atoms with E-state index < -0.39 is 11.4 Å². The number of aromatic nitrogens is 1. The zero-order valence-corrected chi connectivity index (χ0v) is 15.0. The van der Waals surface area contributed by atoms with Gasteiger partial charge >= 0.3 is 5.97 Å². The third kappa shape index (κ3) is 2.66. The molecule has 0 bridgehead atoms. The number of ether oxygens (including phenoxy) is 2. The molecular formula is C20H21NO5. The zero-order chi connectivity index (χ0) is 18.6. The largest absolute Gasteiger partial charge is 0.489 e. The first kappa shape index (κ1) is 16.7. The Bertz CT molecular complexity index is 973. The Morgan fingerprint density at radius 3 is 2.50 bits per heavy atom. The molecule has 0 spiro atoms. The van der Waals surface area contributed by atoms with Crippen molar-refractivity contribution in [1.82, 2.24) is 4.57 Å². The fraction of sp³-hybridized carbons (Fsp3) is 0.400. The van der Waals surface area contributed by atoms with E-state index in [-0.39, 0.29) is 17.0 Å². The van der Waals surface area contributed by atoms with Gasteiger partial charge in [-0.05, 0) is 31.0 Å². The van der Waals surface area contributed by atoms with E-state index in [2.05, 4.69) is 13.8 Å². The minimum atomic E-state index is -1.20. The van der Waals surface area contributed by atoms with Gasteiger partial charge in [0, 0.05) is 29.3 Å². The van der Waals surface area contributed by atoms with Crippen LogP contribution in [-0.4, -0.2) is 28.9 Å². The van der Waals surface area contributed by atoms with Crippen LogP contribution >= 0.6 is 0 Å². The number of nitrogens with zero attached hydrogens (tertiary/aromatic N) is 1. The van der Waals surface area contributed by atoms with Crippen molar-refractivity contribution < 1.29 is 19.4 Å². The van der Waals surface area contributed by atoms with E-state index in [0.29, 0.717) is 24.7 Å². The molecule has 0 fully saturated rings. The second-order valence-electron chi connectivity index (χ2n) is 7.90. The molecule has 1 atom stereocenters. The van der Waals surface area contributed by atoms with Crippen LogP contribution in [0.3, 0.4) is 0 Å². The quantitative estimate of drug-likeness (QED) is 0.850. The summed E-state index contributed by atoms with van der Waals surface area (Å²) in [6.07, 6.45) is 2.17. The second kappa shape index (κ2) is 5.62. The van der Waals surface area contributed by atoms with Gasteiger partial charge in [0.2, 0.25) is 0 Å². The molecule has 4 rings (SSSR count). The second-order valence-corrected chi connectivity index (χ2v) is 7.90.